The molecule has 2 aromatic rings. The smallest absolute Gasteiger partial charge is 0.273 e. The highest BCUT2D eigenvalue weighted by atomic mass is 32.2. The highest BCUT2D eigenvalue weighted by molar-refractivity contribution is 7.94. The number of ether oxygens (including phenoxy) is 2. The van der Waals surface area contributed by atoms with Crippen LogP contribution in [0.25, 0.3) is 0 Å². The van der Waals surface area contributed by atoms with Crippen LogP contribution >= 0.6 is 11.3 Å². The summed E-state index contributed by atoms with van der Waals surface area (Å²) in [6.07, 6.45) is 1.74. The minimum atomic E-state index is -3.57. The first-order chi connectivity index (χ1) is 12.9. The zero-order valence-electron chi connectivity index (χ0n) is 15.4. The topological polar surface area (TPSA) is 84.9 Å². The maximum Gasteiger partial charge on any atom is 0.273 e. The second-order valence-corrected chi connectivity index (χ2v) is 8.88. The molecule has 0 atom stereocenters. The number of thiophene rings is 1. The molecule has 2 rings (SSSR count). The number of rotatable bonds is 11. The normalized spacial score (nSPS) is 11.2. The number of nitrogens with zero attached hydrogens (tertiary/aromatic N) is 1. The fourth-order valence-corrected chi connectivity index (χ4v) is 4.59. The van der Waals surface area contributed by atoms with E-state index in [1.807, 2.05) is 0 Å². The largest absolute Gasteiger partial charge is 0.484 e. The van der Waals surface area contributed by atoms with Crippen LogP contribution in [-0.2, 0) is 19.6 Å². The summed E-state index contributed by atoms with van der Waals surface area (Å²) >= 11 is 1.17. The fraction of sp³-hybridized carbons (Fsp3) is 0.389. The average Bonchev–Trinajstić information content (AvgIpc) is 3.22. The summed E-state index contributed by atoms with van der Waals surface area (Å²) in [6.45, 7) is 1.16. The molecule has 1 aromatic carbocycles. The van der Waals surface area contributed by atoms with E-state index in [4.69, 9.17) is 9.47 Å². The molecule has 0 radical (unpaired) electrons. The van der Waals surface area contributed by atoms with Crippen LogP contribution in [0.4, 0.5) is 5.69 Å². The van der Waals surface area contributed by atoms with E-state index in [1.165, 1.54) is 22.7 Å². The highest BCUT2D eigenvalue weighted by Gasteiger charge is 2.22. The van der Waals surface area contributed by atoms with Crippen LogP contribution in [0.1, 0.15) is 12.8 Å². The molecule has 1 N–H and O–H groups in total. The molecule has 0 unspecified atom stereocenters. The van der Waals surface area contributed by atoms with Gasteiger partial charge in [-0.3, -0.25) is 9.10 Å². The Morgan fingerprint density at radius 3 is 2.56 bits per heavy atom. The molecule has 9 heteroatoms. The predicted molar refractivity (Wildman–Crippen MR) is 106 cm³/mol. The Hall–Kier alpha value is -2.10. The van der Waals surface area contributed by atoms with Crippen molar-refractivity contribution in [2.75, 3.05) is 38.2 Å². The van der Waals surface area contributed by atoms with Gasteiger partial charge in [0.15, 0.2) is 6.61 Å². The van der Waals surface area contributed by atoms with Crippen molar-refractivity contribution in [3.05, 3.63) is 41.8 Å². The summed E-state index contributed by atoms with van der Waals surface area (Å²) < 4.78 is 36.9. The third kappa shape index (κ3) is 6.23. The number of carbonyl (C=O) groups is 1. The Morgan fingerprint density at radius 1 is 1.19 bits per heavy atom. The van der Waals surface area contributed by atoms with E-state index in [0.29, 0.717) is 24.6 Å². The number of amides is 1. The second kappa shape index (κ2) is 10.3. The number of unbranched alkanes of at least 4 members (excludes halogenated alkanes) is 1. The van der Waals surface area contributed by atoms with Crippen LogP contribution in [0.3, 0.4) is 0 Å². The predicted octanol–water partition coefficient (Wildman–Crippen LogP) is 2.49. The minimum absolute atomic E-state index is 0.0903. The number of hydrogen-bond acceptors (Lipinski definition) is 6. The summed E-state index contributed by atoms with van der Waals surface area (Å²) in [5.41, 5.74) is 0.512. The van der Waals surface area contributed by atoms with Gasteiger partial charge in [0.05, 0.1) is 5.69 Å². The summed E-state index contributed by atoms with van der Waals surface area (Å²) in [4.78, 5) is 11.7. The first-order valence-corrected chi connectivity index (χ1v) is 10.8. The van der Waals surface area contributed by atoms with Gasteiger partial charge in [0.2, 0.25) is 0 Å². The van der Waals surface area contributed by atoms with E-state index in [1.54, 1.807) is 48.9 Å². The summed E-state index contributed by atoms with van der Waals surface area (Å²) in [6, 6.07) is 9.84. The number of carbonyl (C=O) groups excluding carboxylic acids is 1. The molecule has 27 heavy (non-hydrogen) atoms. The van der Waals surface area contributed by atoms with Crippen LogP contribution in [0.2, 0.25) is 0 Å². The van der Waals surface area contributed by atoms with Crippen molar-refractivity contribution < 1.29 is 22.7 Å². The van der Waals surface area contributed by atoms with Gasteiger partial charge in [0, 0.05) is 27.3 Å². The van der Waals surface area contributed by atoms with Crippen molar-refractivity contribution in [2.24, 2.45) is 0 Å². The van der Waals surface area contributed by atoms with Crippen LogP contribution in [0.5, 0.6) is 5.75 Å². The van der Waals surface area contributed by atoms with Crippen molar-refractivity contribution in [1.29, 1.82) is 0 Å². The zero-order valence-corrected chi connectivity index (χ0v) is 17.0. The average molecular weight is 413 g/mol. The van der Waals surface area contributed by atoms with Gasteiger partial charge >= 0.3 is 0 Å². The maximum atomic E-state index is 12.5. The Bertz CT molecular complexity index is 805. The Morgan fingerprint density at radius 2 is 1.93 bits per heavy atom. The van der Waals surface area contributed by atoms with Gasteiger partial charge in [-0.1, -0.05) is 6.07 Å². The van der Waals surface area contributed by atoms with Crippen molar-refractivity contribution in [1.82, 2.24) is 5.32 Å². The van der Waals surface area contributed by atoms with Crippen molar-refractivity contribution in [3.63, 3.8) is 0 Å². The third-order valence-corrected chi connectivity index (χ3v) is 6.94. The maximum absolute atomic E-state index is 12.5. The molecule has 1 amide bonds. The van der Waals surface area contributed by atoms with E-state index in [2.05, 4.69) is 5.32 Å². The zero-order chi connectivity index (χ0) is 19.7. The first-order valence-electron chi connectivity index (χ1n) is 8.46. The van der Waals surface area contributed by atoms with Gasteiger partial charge in [-0.2, -0.15) is 0 Å². The molecular weight excluding hydrogens is 388 g/mol. The van der Waals surface area contributed by atoms with E-state index >= 15 is 0 Å². The third-order valence-electron chi connectivity index (χ3n) is 3.78. The standard InChI is InChI=1S/C18H24N2O5S2/c1-20(27(22,23)18-6-5-13-26-18)15-7-9-16(10-8-15)25-14-17(21)19-11-3-4-12-24-2/h5-10,13H,3-4,11-12,14H2,1-2H3,(H,19,21). The van der Waals surface area contributed by atoms with Crippen LogP contribution < -0.4 is 14.4 Å². The van der Waals surface area contributed by atoms with E-state index in [0.717, 1.165) is 12.8 Å². The summed E-state index contributed by atoms with van der Waals surface area (Å²) in [5.74, 6) is 0.295. The number of benzene rings is 1. The molecule has 0 fully saturated rings. The first kappa shape index (κ1) is 21.2. The fourth-order valence-electron chi connectivity index (χ4n) is 2.24. The minimum Gasteiger partial charge on any atom is -0.484 e. The Balaban J connectivity index is 1.84. The van der Waals surface area contributed by atoms with Gasteiger partial charge in [-0.25, -0.2) is 8.42 Å². The van der Waals surface area contributed by atoms with E-state index < -0.39 is 10.0 Å². The lowest BCUT2D eigenvalue weighted by Gasteiger charge is -2.18. The summed E-state index contributed by atoms with van der Waals surface area (Å²) in [7, 11) is -0.419. The van der Waals surface area contributed by atoms with Gasteiger partial charge in [-0.15, -0.1) is 11.3 Å². The highest BCUT2D eigenvalue weighted by Crippen LogP contribution is 2.26. The lowest BCUT2D eigenvalue weighted by Crippen LogP contribution is -2.29. The second-order valence-electron chi connectivity index (χ2n) is 5.74. The van der Waals surface area contributed by atoms with Crippen LogP contribution in [0.15, 0.2) is 46.0 Å². The van der Waals surface area contributed by atoms with Crippen molar-refractivity contribution in [2.45, 2.75) is 17.1 Å². The number of methoxy groups -OCH3 is 1. The number of hydrogen-bond donors (Lipinski definition) is 1. The van der Waals surface area contributed by atoms with Gasteiger partial charge in [0.1, 0.15) is 9.96 Å². The molecule has 0 saturated carbocycles. The van der Waals surface area contributed by atoms with Crippen molar-refractivity contribution >= 4 is 33.0 Å². The van der Waals surface area contributed by atoms with Gasteiger partial charge < -0.3 is 14.8 Å². The molecule has 0 aliphatic heterocycles. The monoisotopic (exact) mass is 412 g/mol. The lowest BCUT2D eigenvalue weighted by molar-refractivity contribution is -0.123. The van der Waals surface area contributed by atoms with E-state index in [-0.39, 0.29) is 16.7 Å². The van der Waals surface area contributed by atoms with E-state index in [9.17, 15) is 13.2 Å². The molecule has 0 bridgehead atoms. The molecule has 0 aliphatic carbocycles. The van der Waals surface area contributed by atoms with Crippen LogP contribution in [0, 0.1) is 0 Å². The summed E-state index contributed by atoms with van der Waals surface area (Å²) in [5, 5.41) is 4.49. The van der Waals surface area contributed by atoms with Gasteiger partial charge in [0.25, 0.3) is 15.9 Å². The lowest BCUT2D eigenvalue weighted by atomic mass is 10.3. The molecule has 1 heterocycles. The van der Waals surface area contributed by atoms with Crippen LogP contribution in [-0.4, -0.2) is 48.2 Å². The van der Waals surface area contributed by atoms with Crippen molar-refractivity contribution in [3.8, 4) is 5.75 Å². The quantitative estimate of drug-likeness (QED) is 0.573. The number of sulfonamides is 1. The molecule has 0 aliphatic rings. The number of anilines is 1. The number of nitrogens with one attached hydrogen (secondary N) is 1. The molecule has 0 saturated heterocycles. The van der Waals surface area contributed by atoms with Gasteiger partial charge in [-0.05, 0) is 48.6 Å². The Labute approximate surface area is 164 Å². The molecular formula is C18H24N2O5S2. The molecule has 0 spiro atoms. The Kier molecular flexibility index (Phi) is 8.08. The SMILES string of the molecule is COCCCCNC(=O)COc1ccc(N(C)S(=O)(=O)c2cccs2)cc1. The molecule has 7 nitrogen and oxygen atoms in total. The molecule has 1 aromatic heterocycles. The molecule has 148 valence electrons.